The maximum atomic E-state index is 13.9. The first-order valence-corrected chi connectivity index (χ1v) is 11.9. The number of ether oxygens (including phenoxy) is 4. The Kier molecular flexibility index (Phi) is 6.13. The van der Waals surface area contributed by atoms with E-state index in [0.717, 1.165) is 24.8 Å². The molecule has 3 heterocycles. The lowest BCUT2D eigenvalue weighted by atomic mass is 9.74. The van der Waals surface area contributed by atoms with E-state index in [1.54, 1.807) is 43.6 Å². The predicted molar refractivity (Wildman–Crippen MR) is 127 cm³/mol. The van der Waals surface area contributed by atoms with Gasteiger partial charge in [0, 0.05) is 18.9 Å². The minimum absolute atomic E-state index is 0.00332. The van der Waals surface area contributed by atoms with Crippen LogP contribution in [0.4, 0.5) is 0 Å². The lowest BCUT2D eigenvalue weighted by molar-refractivity contribution is -0.136. The Morgan fingerprint density at radius 2 is 1.83 bits per heavy atom. The number of carbonyl (C=O) groups excluding carboxylic acids is 2. The third-order valence-corrected chi connectivity index (χ3v) is 7.28. The van der Waals surface area contributed by atoms with Crippen LogP contribution >= 0.6 is 0 Å². The topological polar surface area (TPSA) is 87.2 Å². The molecule has 8 heteroatoms. The Morgan fingerprint density at radius 1 is 1.09 bits per heavy atom. The third kappa shape index (κ3) is 3.90. The summed E-state index contributed by atoms with van der Waals surface area (Å²) in [7, 11) is 4.63. The number of hydrogen-bond donors (Lipinski definition) is 0. The molecule has 0 spiro atoms. The van der Waals surface area contributed by atoms with Gasteiger partial charge in [0.15, 0.2) is 23.0 Å². The van der Waals surface area contributed by atoms with Crippen LogP contribution in [-0.2, 0) is 20.9 Å². The Labute approximate surface area is 204 Å². The van der Waals surface area contributed by atoms with Crippen molar-refractivity contribution in [3.8, 4) is 17.2 Å². The molecule has 2 aliphatic heterocycles. The number of amides is 1. The summed E-state index contributed by atoms with van der Waals surface area (Å²) in [4.78, 5) is 33.5. The molecule has 1 aliphatic carbocycles. The van der Waals surface area contributed by atoms with E-state index in [4.69, 9.17) is 18.9 Å². The van der Waals surface area contributed by atoms with E-state index < -0.39 is 6.04 Å². The average molecular weight is 479 g/mol. The van der Waals surface area contributed by atoms with Crippen molar-refractivity contribution in [1.82, 2.24) is 9.88 Å². The highest BCUT2D eigenvalue weighted by molar-refractivity contribution is 6.11. The molecule has 2 aromatic rings. The summed E-state index contributed by atoms with van der Waals surface area (Å²) in [6.45, 7) is 2.45. The highest BCUT2D eigenvalue weighted by Crippen LogP contribution is 2.50. The quantitative estimate of drug-likeness (QED) is 0.623. The number of ketones is 1. The van der Waals surface area contributed by atoms with Gasteiger partial charge in [-0.15, -0.1) is 0 Å². The maximum Gasteiger partial charge on any atom is 0.290 e. The molecule has 8 nitrogen and oxygen atoms in total. The first-order chi connectivity index (χ1) is 17.0. The van der Waals surface area contributed by atoms with E-state index in [-0.39, 0.29) is 36.0 Å². The Morgan fingerprint density at radius 3 is 2.46 bits per heavy atom. The number of rotatable bonds is 6. The number of hydrogen-bond acceptors (Lipinski definition) is 7. The number of pyridine rings is 1. The summed E-state index contributed by atoms with van der Waals surface area (Å²) < 4.78 is 22.9. The first-order valence-electron chi connectivity index (χ1n) is 11.9. The predicted octanol–water partition coefficient (Wildman–Crippen LogP) is 3.85. The lowest BCUT2D eigenvalue weighted by Crippen LogP contribution is -2.41. The van der Waals surface area contributed by atoms with E-state index >= 15 is 0 Å². The highest BCUT2D eigenvalue weighted by atomic mass is 16.5. The van der Waals surface area contributed by atoms with Gasteiger partial charge in [0.05, 0.1) is 38.9 Å². The lowest BCUT2D eigenvalue weighted by Gasteiger charge is -2.37. The molecule has 0 bridgehead atoms. The number of methoxy groups -OCH3 is 3. The summed E-state index contributed by atoms with van der Waals surface area (Å²) in [5.74, 6) is 1.45. The van der Waals surface area contributed by atoms with Crippen LogP contribution in [0.15, 0.2) is 48.0 Å². The SMILES string of the molecule is COc1cc(C2C3=C(OC4CCC(C)CC4C3=O)C(=O)N2Cc2cccnc2)cc(OC)c1OC. The van der Waals surface area contributed by atoms with Crippen LogP contribution in [-0.4, -0.2) is 49.0 Å². The van der Waals surface area contributed by atoms with Gasteiger partial charge in [0.25, 0.3) is 5.91 Å². The standard InChI is InChI=1S/C27H30N2O6/c1-15-7-8-19-18(10-15)24(30)22-23(17-11-20(32-2)25(34-4)21(12-17)33-3)29(27(31)26(22)35-19)14-16-6-5-9-28-13-16/h5-6,9,11-13,15,18-19,23H,7-8,10,14H2,1-4H3. The molecule has 0 radical (unpaired) electrons. The van der Waals surface area contributed by atoms with Crippen LogP contribution in [0.5, 0.6) is 17.2 Å². The van der Waals surface area contributed by atoms with E-state index in [1.165, 1.54) is 7.11 Å². The van der Waals surface area contributed by atoms with Crippen LogP contribution in [0.25, 0.3) is 0 Å². The van der Waals surface area contributed by atoms with Gasteiger partial charge in [-0.25, -0.2) is 0 Å². The summed E-state index contributed by atoms with van der Waals surface area (Å²) in [5, 5.41) is 0. The molecular formula is C27H30N2O6. The van der Waals surface area contributed by atoms with Gasteiger partial charge in [-0.1, -0.05) is 13.0 Å². The fraction of sp³-hybridized carbons (Fsp3) is 0.444. The molecule has 4 unspecified atom stereocenters. The number of benzene rings is 1. The van der Waals surface area contributed by atoms with Crippen molar-refractivity contribution in [2.45, 2.75) is 44.9 Å². The van der Waals surface area contributed by atoms with Crippen molar-refractivity contribution >= 4 is 11.7 Å². The number of carbonyl (C=O) groups is 2. The van der Waals surface area contributed by atoms with Crippen molar-refractivity contribution in [3.63, 3.8) is 0 Å². The third-order valence-electron chi connectivity index (χ3n) is 7.28. The van der Waals surface area contributed by atoms with Crippen molar-refractivity contribution in [2.24, 2.45) is 11.8 Å². The maximum absolute atomic E-state index is 13.9. The summed E-state index contributed by atoms with van der Waals surface area (Å²) in [5.41, 5.74) is 1.97. The monoisotopic (exact) mass is 478 g/mol. The fourth-order valence-corrected chi connectivity index (χ4v) is 5.58. The largest absolute Gasteiger partial charge is 0.493 e. The average Bonchev–Trinajstić information content (AvgIpc) is 3.15. The zero-order valence-corrected chi connectivity index (χ0v) is 20.4. The molecular weight excluding hydrogens is 448 g/mol. The molecule has 1 aromatic carbocycles. The van der Waals surface area contributed by atoms with E-state index in [0.29, 0.717) is 34.3 Å². The van der Waals surface area contributed by atoms with Crippen molar-refractivity contribution in [3.05, 3.63) is 59.1 Å². The fourth-order valence-electron chi connectivity index (χ4n) is 5.58. The molecule has 1 saturated carbocycles. The van der Waals surface area contributed by atoms with Gasteiger partial charge in [-0.3, -0.25) is 14.6 Å². The van der Waals surface area contributed by atoms with Gasteiger partial charge in [-0.05, 0) is 54.5 Å². The van der Waals surface area contributed by atoms with Crippen molar-refractivity contribution in [1.29, 1.82) is 0 Å². The summed E-state index contributed by atoms with van der Waals surface area (Å²) >= 11 is 0. The second-order valence-electron chi connectivity index (χ2n) is 9.44. The molecule has 0 saturated heterocycles. The van der Waals surface area contributed by atoms with Crippen LogP contribution in [0.2, 0.25) is 0 Å². The Bertz CT molecular complexity index is 1150. The van der Waals surface area contributed by atoms with E-state index in [2.05, 4.69) is 11.9 Å². The van der Waals surface area contributed by atoms with E-state index in [1.807, 2.05) is 12.1 Å². The van der Waals surface area contributed by atoms with Crippen molar-refractivity contribution < 1.29 is 28.5 Å². The number of fused-ring (bicyclic) bond motifs is 1. The second kappa shape index (κ2) is 9.24. The summed E-state index contributed by atoms with van der Waals surface area (Å²) in [6, 6.07) is 6.70. The Hall–Kier alpha value is -3.55. The number of nitrogens with zero attached hydrogens (tertiary/aromatic N) is 2. The molecule has 1 amide bonds. The molecule has 3 aliphatic rings. The minimum Gasteiger partial charge on any atom is -0.493 e. The Balaban J connectivity index is 1.64. The van der Waals surface area contributed by atoms with Crippen LogP contribution in [0.1, 0.15) is 43.4 Å². The first kappa shape index (κ1) is 23.2. The molecule has 0 N–H and O–H groups in total. The smallest absolute Gasteiger partial charge is 0.290 e. The van der Waals surface area contributed by atoms with Gasteiger partial charge in [-0.2, -0.15) is 0 Å². The van der Waals surface area contributed by atoms with Crippen LogP contribution in [0, 0.1) is 11.8 Å². The number of Topliss-reactive ketones (excluding diaryl/α,β-unsaturated/α-hetero) is 1. The minimum atomic E-state index is -0.642. The molecule has 1 fully saturated rings. The zero-order chi connectivity index (χ0) is 24.7. The van der Waals surface area contributed by atoms with Crippen LogP contribution in [0.3, 0.4) is 0 Å². The zero-order valence-electron chi connectivity index (χ0n) is 20.4. The molecule has 1 aromatic heterocycles. The second-order valence-corrected chi connectivity index (χ2v) is 9.44. The van der Waals surface area contributed by atoms with Crippen LogP contribution < -0.4 is 14.2 Å². The number of aromatic nitrogens is 1. The molecule has 4 atom stereocenters. The van der Waals surface area contributed by atoms with E-state index in [9.17, 15) is 9.59 Å². The highest BCUT2D eigenvalue weighted by Gasteiger charge is 2.52. The normalized spacial score (nSPS) is 25.7. The van der Waals surface area contributed by atoms with Gasteiger partial charge in [0.1, 0.15) is 6.10 Å². The summed E-state index contributed by atoms with van der Waals surface area (Å²) in [6.07, 6.45) is 5.69. The molecule has 184 valence electrons. The van der Waals surface area contributed by atoms with Gasteiger partial charge < -0.3 is 23.8 Å². The van der Waals surface area contributed by atoms with Crippen molar-refractivity contribution in [2.75, 3.05) is 21.3 Å². The molecule has 35 heavy (non-hydrogen) atoms. The van der Waals surface area contributed by atoms with Gasteiger partial charge >= 0.3 is 0 Å². The van der Waals surface area contributed by atoms with Gasteiger partial charge in [0.2, 0.25) is 5.75 Å². The molecule has 5 rings (SSSR count).